The van der Waals surface area contributed by atoms with E-state index in [0.717, 1.165) is 19.1 Å². The lowest BCUT2D eigenvalue weighted by Gasteiger charge is -2.37. The van der Waals surface area contributed by atoms with Crippen molar-refractivity contribution in [3.8, 4) is 0 Å². The Hall–Kier alpha value is -0.0800. The summed E-state index contributed by atoms with van der Waals surface area (Å²) in [4.78, 5) is 2.73. The maximum absolute atomic E-state index is 3.53. The Kier molecular flexibility index (Phi) is 6.50. The molecule has 0 aromatic rings. The van der Waals surface area contributed by atoms with Crippen LogP contribution in [0.25, 0.3) is 0 Å². The van der Waals surface area contributed by atoms with Crippen molar-refractivity contribution in [1.29, 1.82) is 0 Å². The van der Waals surface area contributed by atoms with Gasteiger partial charge in [-0.2, -0.15) is 0 Å². The zero-order valence-corrected chi connectivity index (χ0v) is 12.4. The average Bonchev–Trinajstić information content (AvgIpc) is 2.52. The Bertz CT molecular complexity index is 205. The van der Waals surface area contributed by atoms with Gasteiger partial charge in [-0.15, -0.1) is 0 Å². The van der Waals surface area contributed by atoms with Crippen LogP contribution in [0, 0.1) is 5.41 Å². The highest BCUT2D eigenvalue weighted by molar-refractivity contribution is 4.82. The molecule has 0 radical (unpaired) electrons. The molecule has 0 aromatic heterocycles. The zero-order valence-electron chi connectivity index (χ0n) is 12.4. The van der Waals surface area contributed by atoms with E-state index in [1.165, 1.54) is 45.2 Å². The summed E-state index contributed by atoms with van der Waals surface area (Å²) in [6.45, 7) is 14.2. The van der Waals surface area contributed by atoms with Gasteiger partial charge in [-0.1, -0.05) is 33.6 Å². The van der Waals surface area contributed by atoms with Gasteiger partial charge in [0.15, 0.2) is 0 Å². The van der Waals surface area contributed by atoms with Crippen LogP contribution < -0.4 is 5.32 Å². The van der Waals surface area contributed by atoms with E-state index in [0.29, 0.717) is 5.41 Å². The van der Waals surface area contributed by atoms with Gasteiger partial charge in [0.2, 0.25) is 0 Å². The summed E-state index contributed by atoms with van der Waals surface area (Å²) in [7, 11) is 0. The number of rotatable bonds is 6. The summed E-state index contributed by atoms with van der Waals surface area (Å²) in [6, 6.07) is 0.782. The summed E-state index contributed by atoms with van der Waals surface area (Å²) in [5.74, 6) is 0. The van der Waals surface area contributed by atoms with Crippen LogP contribution in [0.3, 0.4) is 0 Å². The molecule has 1 aliphatic heterocycles. The molecule has 2 unspecified atom stereocenters. The van der Waals surface area contributed by atoms with Crippen LogP contribution in [-0.4, -0.2) is 37.1 Å². The van der Waals surface area contributed by atoms with Crippen LogP contribution in [0.2, 0.25) is 0 Å². The summed E-state index contributed by atoms with van der Waals surface area (Å²) in [6.07, 6.45) is 6.90. The molecule has 0 saturated carbocycles. The predicted octanol–water partition coefficient (Wildman–Crippen LogP) is 3.28. The van der Waals surface area contributed by atoms with Gasteiger partial charge >= 0.3 is 0 Å². The van der Waals surface area contributed by atoms with E-state index < -0.39 is 0 Å². The average molecular weight is 240 g/mol. The molecule has 1 saturated heterocycles. The summed E-state index contributed by atoms with van der Waals surface area (Å²) in [5, 5.41) is 3.53. The van der Waals surface area contributed by atoms with Gasteiger partial charge < -0.3 is 10.2 Å². The second-order valence-electron chi connectivity index (χ2n) is 6.11. The molecule has 2 nitrogen and oxygen atoms in total. The van der Waals surface area contributed by atoms with E-state index in [1.807, 2.05) is 0 Å². The molecule has 102 valence electrons. The fourth-order valence-electron chi connectivity index (χ4n) is 2.78. The minimum atomic E-state index is 0.439. The van der Waals surface area contributed by atoms with E-state index in [1.54, 1.807) is 0 Å². The van der Waals surface area contributed by atoms with E-state index in [2.05, 4.69) is 37.9 Å². The molecular weight excluding hydrogens is 208 g/mol. The van der Waals surface area contributed by atoms with Crippen molar-refractivity contribution < 1.29 is 0 Å². The summed E-state index contributed by atoms with van der Waals surface area (Å²) in [5.41, 5.74) is 0.439. The molecule has 0 bridgehead atoms. The number of nitrogens with zero attached hydrogens (tertiary/aromatic N) is 1. The first-order valence-corrected chi connectivity index (χ1v) is 7.56. The lowest BCUT2D eigenvalue weighted by Crippen LogP contribution is -2.45. The summed E-state index contributed by atoms with van der Waals surface area (Å²) >= 11 is 0. The highest BCUT2D eigenvalue weighted by Gasteiger charge is 2.27. The van der Waals surface area contributed by atoms with Crippen LogP contribution in [0.15, 0.2) is 0 Å². The summed E-state index contributed by atoms with van der Waals surface area (Å²) < 4.78 is 0. The molecule has 2 heteroatoms. The van der Waals surface area contributed by atoms with Crippen LogP contribution in [0.1, 0.15) is 59.8 Å². The minimum absolute atomic E-state index is 0.439. The largest absolute Gasteiger partial charge is 0.316 e. The lowest BCUT2D eigenvalue weighted by molar-refractivity contribution is 0.123. The first-order valence-electron chi connectivity index (χ1n) is 7.56. The van der Waals surface area contributed by atoms with Crippen molar-refractivity contribution in [2.24, 2.45) is 5.41 Å². The van der Waals surface area contributed by atoms with E-state index in [4.69, 9.17) is 0 Å². The number of hydrogen-bond acceptors (Lipinski definition) is 2. The number of hydrogen-bond donors (Lipinski definition) is 1. The van der Waals surface area contributed by atoms with Crippen molar-refractivity contribution in [1.82, 2.24) is 10.2 Å². The van der Waals surface area contributed by atoms with Crippen molar-refractivity contribution in [3.63, 3.8) is 0 Å². The molecule has 0 spiro atoms. The van der Waals surface area contributed by atoms with Gasteiger partial charge in [-0.25, -0.2) is 0 Å². The van der Waals surface area contributed by atoms with Crippen molar-refractivity contribution >= 4 is 0 Å². The van der Waals surface area contributed by atoms with Crippen LogP contribution in [-0.2, 0) is 0 Å². The number of nitrogens with one attached hydrogen (secondary N) is 1. The quantitative estimate of drug-likeness (QED) is 0.766. The second kappa shape index (κ2) is 7.38. The Morgan fingerprint density at radius 2 is 2.00 bits per heavy atom. The lowest BCUT2D eigenvalue weighted by atomic mass is 9.86. The third-order valence-corrected chi connectivity index (χ3v) is 4.43. The maximum Gasteiger partial charge on any atom is 0.00671 e. The number of likely N-dealkylation sites (tertiary alicyclic amines) is 1. The molecule has 0 amide bonds. The molecule has 1 heterocycles. The fourth-order valence-corrected chi connectivity index (χ4v) is 2.78. The molecule has 1 N–H and O–H groups in total. The van der Waals surface area contributed by atoms with Gasteiger partial charge in [0, 0.05) is 19.1 Å². The van der Waals surface area contributed by atoms with Gasteiger partial charge in [-0.05, 0) is 44.7 Å². The van der Waals surface area contributed by atoms with Crippen molar-refractivity contribution in [2.45, 2.75) is 65.8 Å². The van der Waals surface area contributed by atoms with Gasteiger partial charge in [0.25, 0.3) is 0 Å². The Morgan fingerprint density at radius 3 is 2.65 bits per heavy atom. The first kappa shape index (κ1) is 15.0. The second-order valence-corrected chi connectivity index (χ2v) is 6.11. The molecule has 2 atom stereocenters. The topological polar surface area (TPSA) is 15.3 Å². The smallest absolute Gasteiger partial charge is 0.00671 e. The molecule has 1 aliphatic rings. The maximum atomic E-state index is 3.53. The molecule has 1 fully saturated rings. The van der Waals surface area contributed by atoms with E-state index >= 15 is 0 Å². The predicted molar refractivity (Wildman–Crippen MR) is 76.4 cm³/mol. The molecule has 0 aromatic carbocycles. The van der Waals surface area contributed by atoms with Crippen LogP contribution >= 0.6 is 0 Å². The van der Waals surface area contributed by atoms with Gasteiger partial charge in [-0.3, -0.25) is 0 Å². The normalized spacial score (nSPS) is 26.5. The minimum Gasteiger partial charge on any atom is -0.316 e. The molecule has 0 aliphatic carbocycles. The van der Waals surface area contributed by atoms with Gasteiger partial charge in [0.1, 0.15) is 0 Å². The first-order chi connectivity index (χ1) is 8.11. The molecule has 1 rings (SSSR count). The molecular formula is C15H32N2. The van der Waals surface area contributed by atoms with Crippen molar-refractivity contribution in [2.75, 3.05) is 26.2 Å². The zero-order chi connectivity index (χ0) is 12.7. The van der Waals surface area contributed by atoms with Crippen LogP contribution in [0.5, 0.6) is 0 Å². The Labute approximate surface area is 108 Å². The monoisotopic (exact) mass is 240 g/mol. The SMILES string of the molecule is CCNCC(C)(CC)CN1CCCCCC1C. The standard InChI is InChI=1S/C15H32N2/c1-5-15(4,12-16-6-2)13-17-11-9-7-8-10-14(17)3/h14,16H,5-13H2,1-4H3. The fraction of sp³-hybridized carbons (Fsp3) is 1.00. The third kappa shape index (κ3) is 4.97. The van der Waals surface area contributed by atoms with E-state index in [9.17, 15) is 0 Å². The highest BCUT2D eigenvalue weighted by Crippen LogP contribution is 2.25. The van der Waals surface area contributed by atoms with E-state index in [-0.39, 0.29) is 0 Å². The Morgan fingerprint density at radius 1 is 1.24 bits per heavy atom. The van der Waals surface area contributed by atoms with Crippen LogP contribution in [0.4, 0.5) is 0 Å². The Balaban J connectivity index is 2.52. The van der Waals surface area contributed by atoms with Crippen molar-refractivity contribution in [3.05, 3.63) is 0 Å². The third-order valence-electron chi connectivity index (χ3n) is 4.43. The highest BCUT2D eigenvalue weighted by atomic mass is 15.2. The van der Waals surface area contributed by atoms with Gasteiger partial charge in [0.05, 0.1) is 0 Å². The molecule has 17 heavy (non-hydrogen) atoms.